The Morgan fingerprint density at radius 1 is 1.47 bits per heavy atom. The van der Waals surface area contributed by atoms with Crippen molar-refractivity contribution in [2.75, 3.05) is 17.2 Å². The highest BCUT2D eigenvalue weighted by atomic mass is 32.1. The molecule has 2 rings (SSSR count). The Morgan fingerprint density at radius 3 is 2.79 bits per heavy atom. The minimum absolute atomic E-state index is 0.193. The summed E-state index contributed by atoms with van der Waals surface area (Å²) in [6.07, 6.45) is 0. The van der Waals surface area contributed by atoms with E-state index in [1.807, 2.05) is 43.0 Å². The van der Waals surface area contributed by atoms with Crippen molar-refractivity contribution in [3.05, 3.63) is 35.4 Å². The third kappa shape index (κ3) is 2.53. The van der Waals surface area contributed by atoms with E-state index in [2.05, 4.69) is 4.37 Å². The van der Waals surface area contributed by atoms with E-state index in [-0.39, 0.29) is 5.82 Å². The largest absolute Gasteiger partial charge is 0.382 e. The van der Waals surface area contributed by atoms with Gasteiger partial charge in [-0.3, -0.25) is 4.79 Å². The summed E-state index contributed by atoms with van der Waals surface area (Å²) in [5.74, 6) is -0.356. The number of amides is 1. The quantitative estimate of drug-likeness (QED) is 0.897. The van der Waals surface area contributed by atoms with Crippen molar-refractivity contribution in [2.45, 2.75) is 13.8 Å². The van der Waals surface area contributed by atoms with Crippen LogP contribution in [0.3, 0.4) is 0 Å². The van der Waals surface area contributed by atoms with E-state index in [0.29, 0.717) is 17.1 Å². The number of carbonyl (C=O) groups excluding carboxylic acids is 1. The summed E-state index contributed by atoms with van der Waals surface area (Å²) < 4.78 is 4.03. The van der Waals surface area contributed by atoms with Crippen LogP contribution in [0, 0.1) is 6.92 Å². The van der Waals surface area contributed by atoms with Gasteiger partial charge in [0, 0.05) is 12.2 Å². The van der Waals surface area contributed by atoms with Crippen LogP contribution in [0.4, 0.5) is 16.5 Å². The zero-order valence-corrected chi connectivity index (χ0v) is 11.7. The second kappa shape index (κ2) is 5.27. The van der Waals surface area contributed by atoms with Crippen LogP contribution in [-0.4, -0.2) is 16.8 Å². The molecule has 1 aromatic carbocycles. The van der Waals surface area contributed by atoms with Crippen molar-refractivity contribution >= 4 is 33.9 Å². The summed E-state index contributed by atoms with van der Waals surface area (Å²) in [4.78, 5) is 13.5. The fraction of sp³-hybridized carbons (Fsp3) is 0.231. The number of nitrogens with two attached hydrogens (primary N) is 2. The molecule has 0 saturated heterocycles. The standard InChI is InChI=1S/C13H16N4OS/c1-3-17(9-6-4-5-8(2)7-9)13-10(12(15)18)11(14)16-19-13/h4-7H,3H2,1-2H3,(H2,14,16)(H2,15,18). The van der Waals surface area contributed by atoms with Gasteiger partial charge in [0.2, 0.25) is 0 Å². The molecule has 0 saturated carbocycles. The summed E-state index contributed by atoms with van der Waals surface area (Å²) in [7, 11) is 0. The highest BCUT2D eigenvalue weighted by molar-refractivity contribution is 7.11. The number of hydrogen-bond donors (Lipinski definition) is 2. The Balaban J connectivity index is 2.51. The first-order valence-electron chi connectivity index (χ1n) is 5.93. The first-order chi connectivity index (χ1) is 9.04. The Kier molecular flexibility index (Phi) is 3.71. The van der Waals surface area contributed by atoms with Gasteiger partial charge >= 0.3 is 0 Å². The second-order valence-electron chi connectivity index (χ2n) is 4.20. The van der Waals surface area contributed by atoms with E-state index < -0.39 is 5.91 Å². The third-order valence-electron chi connectivity index (χ3n) is 2.82. The normalized spacial score (nSPS) is 10.4. The smallest absolute Gasteiger partial charge is 0.255 e. The van der Waals surface area contributed by atoms with Crippen molar-refractivity contribution < 1.29 is 4.79 Å². The first kappa shape index (κ1) is 13.4. The molecule has 0 unspecified atom stereocenters. The van der Waals surface area contributed by atoms with E-state index in [9.17, 15) is 4.79 Å². The molecule has 100 valence electrons. The Bertz CT molecular complexity index is 608. The first-order valence-corrected chi connectivity index (χ1v) is 6.71. The number of hydrogen-bond acceptors (Lipinski definition) is 5. The van der Waals surface area contributed by atoms with Gasteiger partial charge in [-0.05, 0) is 43.1 Å². The van der Waals surface area contributed by atoms with Crippen molar-refractivity contribution in [3.63, 3.8) is 0 Å². The van der Waals surface area contributed by atoms with E-state index in [0.717, 1.165) is 11.3 Å². The molecule has 4 N–H and O–H groups in total. The molecule has 6 heteroatoms. The van der Waals surface area contributed by atoms with Gasteiger partial charge in [0.25, 0.3) is 5.91 Å². The van der Waals surface area contributed by atoms with Gasteiger partial charge in [0.15, 0.2) is 5.82 Å². The van der Waals surface area contributed by atoms with Crippen LogP contribution in [0.5, 0.6) is 0 Å². The van der Waals surface area contributed by atoms with E-state index in [1.165, 1.54) is 11.5 Å². The summed E-state index contributed by atoms with van der Waals surface area (Å²) in [5, 5.41) is 0.693. The van der Waals surface area contributed by atoms with Crippen LogP contribution >= 0.6 is 11.5 Å². The van der Waals surface area contributed by atoms with Crippen LogP contribution < -0.4 is 16.4 Å². The molecule has 5 nitrogen and oxygen atoms in total. The van der Waals surface area contributed by atoms with Crippen molar-refractivity contribution in [1.82, 2.24) is 4.37 Å². The maximum Gasteiger partial charge on any atom is 0.255 e. The average molecular weight is 276 g/mol. The minimum Gasteiger partial charge on any atom is -0.382 e. The average Bonchev–Trinajstić information content (AvgIpc) is 2.72. The second-order valence-corrected chi connectivity index (χ2v) is 4.95. The fourth-order valence-corrected chi connectivity index (χ4v) is 2.85. The molecule has 0 bridgehead atoms. The zero-order valence-electron chi connectivity index (χ0n) is 10.9. The molecular weight excluding hydrogens is 260 g/mol. The van der Waals surface area contributed by atoms with Crippen LogP contribution in [-0.2, 0) is 0 Å². The van der Waals surface area contributed by atoms with Gasteiger partial charge in [-0.15, -0.1) is 0 Å². The summed E-state index contributed by atoms with van der Waals surface area (Å²) in [6, 6.07) is 8.02. The number of nitrogens with zero attached hydrogens (tertiary/aromatic N) is 2. The number of aromatic nitrogens is 1. The predicted molar refractivity (Wildman–Crippen MR) is 78.9 cm³/mol. The highest BCUT2D eigenvalue weighted by Crippen LogP contribution is 2.35. The molecule has 0 atom stereocenters. The summed E-state index contributed by atoms with van der Waals surface area (Å²) in [5.41, 5.74) is 13.5. The molecule has 19 heavy (non-hydrogen) atoms. The van der Waals surface area contributed by atoms with Crippen LogP contribution in [0.25, 0.3) is 0 Å². The van der Waals surface area contributed by atoms with Gasteiger partial charge in [0.05, 0.1) is 0 Å². The number of anilines is 3. The fourth-order valence-electron chi connectivity index (χ4n) is 1.95. The van der Waals surface area contributed by atoms with Gasteiger partial charge in [-0.2, -0.15) is 4.37 Å². The van der Waals surface area contributed by atoms with E-state index >= 15 is 0 Å². The van der Waals surface area contributed by atoms with Crippen molar-refractivity contribution in [2.24, 2.45) is 5.73 Å². The monoisotopic (exact) mass is 276 g/mol. The molecule has 1 amide bonds. The number of nitrogen functional groups attached to an aromatic ring is 1. The van der Waals surface area contributed by atoms with Crippen molar-refractivity contribution in [1.29, 1.82) is 0 Å². The highest BCUT2D eigenvalue weighted by Gasteiger charge is 2.21. The lowest BCUT2D eigenvalue weighted by molar-refractivity contribution is 0.100. The number of carbonyl (C=O) groups is 1. The lowest BCUT2D eigenvalue weighted by Crippen LogP contribution is -2.20. The maximum absolute atomic E-state index is 11.5. The van der Waals surface area contributed by atoms with E-state index in [4.69, 9.17) is 11.5 Å². The molecule has 0 aliphatic heterocycles. The lowest BCUT2D eigenvalue weighted by atomic mass is 10.2. The molecule has 0 aliphatic carbocycles. The molecule has 2 aromatic rings. The number of primary amides is 1. The summed E-state index contributed by atoms with van der Waals surface area (Å²) in [6.45, 7) is 4.72. The lowest BCUT2D eigenvalue weighted by Gasteiger charge is -2.22. The molecule has 0 spiro atoms. The minimum atomic E-state index is -0.549. The Morgan fingerprint density at radius 2 is 2.21 bits per heavy atom. The number of benzene rings is 1. The van der Waals surface area contributed by atoms with Gasteiger partial charge in [-0.1, -0.05) is 12.1 Å². The van der Waals surface area contributed by atoms with Gasteiger partial charge in [0.1, 0.15) is 10.6 Å². The number of rotatable bonds is 4. The molecule has 1 heterocycles. The Hall–Kier alpha value is -2.08. The zero-order chi connectivity index (χ0) is 14.0. The SMILES string of the molecule is CCN(c1cccc(C)c1)c1snc(N)c1C(N)=O. The molecule has 0 fully saturated rings. The molecular formula is C13H16N4OS. The number of aryl methyl sites for hydroxylation is 1. The van der Waals surface area contributed by atoms with Crippen LogP contribution in [0.1, 0.15) is 22.8 Å². The van der Waals surface area contributed by atoms with Gasteiger partial charge < -0.3 is 16.4 Å². The summed E-state index contributed by atoms with van der Waals surface area (Å²) >= 11 is 1.19. The molecule has 0 aliphatic rings. The molecule has 0 radical (unpaired) electrons. The maximum atomic E-state index is 11.5. The Labute approximate surface area is 116 Å². The van der Waals surface area contributed by atoms with Crippen LogP contribution in [0.15, 0.2) is 24.3 Å². The van der Waals surface area contributed by atoms with Crippen molar-refractivity contribution in [3.8, 4) is 0 Å². The predicted octanol–water partition coefficient (Wildman–Crippen LogP) is 2.29. The topological polar surface area (TPSA) is 85.2 Å². The van der Waals surface area contributed by atoms with Gasteiger partial charge in [-0.25, -0.2) is 0 Å². The molecule has 1 aromatic heterocycles. The van der Waals surface area contributed by atoms with E-state index in [1.54, 1.807) is 0 Å². The van der Waals surface area contributed by atoms with Crippen LogP contribution in [0.2, 0.25) is 0 Å². The third-order valence-corrected chi connectivity index (χ3v) is 3.71.